The first kappa shape index (κ1) is 18.4. The summed E-state index contributed by atoms with van der Waals surface area (Å²) in [6.07, 6.45) is 0.760. The quantitative estimate of drug-likeness (QED) is 0.794. The number of hydrogen-bond donors (Lipinski definition) is 2. The van der Waals surface area contributed by atoms with Gasteiger partial charge in [0.15, 0.2) is 0 Å². The minimum absolute atomic E-state index is 0.125. The molecule has 0 aliphatic carbocycles. The van der Waals surface area contributed by atoms with Crippen molar-refractivity contribution in [3.63, 3.8) is 0 Å². The molecule has 0 fully saturated rings. The number of carbonyl (C=O) groups is 2. The highest BCUT2D eigenvalue weighted by Gasteiger charge is 2.10. The number of nitrogens with one attached hydrogen (secondary N) is 2. The topological polar surface area (TPSA) is 93.1 Å². The highest BCUT2D eigenvalue weighted by Crippen LogP contribution is 2.05. The molecule has 132 valence electrons. The van der Waals surface area contributed by atoms with Gasteiger partial charge in [-0.3, -0.25) is 14.4 Å². The molecule has 2 rings (SSSR count). The molecular weight excluding hydrogens is 320 g/mol. The van der Waals surface area contributed by atoms with Gasteiger partial charge in [0.1, 0.15) is 5.69 Å². The molecular formula is C18H22N4O3. The monoisotopic (exact) mass is 342 g/mol. The standard InChI is InChI=1S/C18H22N4O3/c1-3-11-22-16(23)10-9-15(21-22)18(25)20-12-13-5-7-14(8-6-13)17(24)19-4-2/h5-10H,3-4,11-12H2,1-2H3,(H,19,24)(H,20,25). The molecule has 25 heavy (non-hydrogen) atoms. The van der Waals surface area contributed by atoms with E-state index in [1.54, 1.807) is 24.3 Å². The van der Waals surface area contributed by atoms with E-state index < -0.39 is 0 Å². The van der Waals surface area contributed by atoms with E-state index in [1.807, 2.05) is 13.8 Å². The molecule has 1 heterocycles. The molecule has 1 aromatic heterocycles. The molecule has 7 heteroatoms. The number of rotatable bonds is 7. The highest BCUT2D eigenvalue weighted by molar-refractivity contribution is 5.94. The molecule has 0 unspecified atom stereocenters. The van der Waals surface area contributed by atoms with Crippen LogP contribution in [0.3, 0.4) is 0 Å². The number of aryl methyl sites for hydroxylation is 1. The minimum atomic E-state index is -0.349. The second kappa shape index (κ2) is 8.77. The van der Waals surface area contributed by atoms with Gasteiger partial charge in [0.25, 0.3) is 17.4 Å². The van der Waals surface area contributed by atoms with E-state index >= 15 is 0 Å². The van der Waals surface area contributed by atoms with Gasteiger partial charge >= 0.3 is 0 Å². The summed E-state index contributed by atoms with van der Waals surface area (Å²) in [4.78, 5) is 35.5. The van der Waals surface area contributed by atoms with Gasteiger partial charge in [0.05, 0.1) is 0 Å². The van der Waals surface area contributed by atoms with Crippen molar-refractivity contribution in [2.24, 2.45) is 0 Å². The van der Waals surface area contributed by atoms with Crippen molar-refractivity contribution in [2.75, 3.05) is 6.54 Å². The minimum Gasteiger partial charge on any atom is -0.352 e. The summed E-state index contributed by atoms with van der Waals surface area (Å²) in [6, 6.07) is 9.77. The molecule has 2 aromatic rings. The molecule has 2 N–H and O–H groups in total. The Morgan fingerprint density at radius 2 is 1.72 bits per heavy atom. The van der Waals surface area contributed by atoms with Gasteiger partial charge in [0.2, 0.25) is 0 Å². The smallest absolute Gasteiger partial charge is 0.271 e. The summed E-state index contributed by atoms with van der Waals surface area (Å²) < 4.78 is 1.29. The van der Waals surface area contributed by atoms with Gasteiger partial charge in [-0.15, -0.1) is 0 Å². The number of hydrogen-bond acceptors (Lipinski definition) is 4. The van der Waals surface area contributed by atoms with E-state index in [9.17, 15) is 14.4 Å². The first-order valence-electron chi connectivity index (χ1n) is 8.28. The molecule has 0 aliphatic heterocycles. The zero-order valence-corrected chi connectivity index (χ0v) is 14.4. The summed E-state index contributed by atoms with van der Waals surface area (Å²) in [7, 11) is 0. The Morgan fingerprint density at radius 3 is 2.36 bits per heavy atom. The van der Waals surface area contributed by atoms with Crippen molar-refractivity contribution < 1.29 is 9.59 Å². The van der Waals surface area contributed by atoms with E-state index in [-0.39, 0.29) is 23.1 Å². The molecule has 0 saturated carbocycles. The second-order valence-electron chi connectivity index (χ2n) is 5.52. The van der Waals surface area contributed by atoms with E-state index in [0.717, 1.165) is 12.0 Å². The van der Waals surface area contributed by atoms with Crippen LogP contribution in [0, 0.1) is 0 Å². The number of benzene rings is 1. The van der Waals surface area contributed by atoms with Crippen molar-refractivity contribution in [2.45, 2.75) is 33.4 Å². The number of aromatic nitrogens is 2. The van der Waals surface area contributed by atoms with Crippen LogP contribution in [0.4, 0.5) is 0 Å². The molecule has 0 radical (unpaired) electrons. The van der Waals surface area contributed by atoms with Gasteiger partial charge in [-0.05, 0) is 37.1 Å². The fourth-order valence-corrected chi connectivity index (χ4v) is 2.25. The van der Waals surface area contributed by atoms with Crippen LogP contribution in [0.2, 0.25) is 0 Å². The van der Waals surface area contributed by atoms with Crippen molar-refractivity contribution in [1.82, 2.24) is 20.4 Å². The third-order valence-electron chi connectivity index (χ3n) is 3.54. The molecule has 0 bridgehead atoms. The highest BCUT2D eigenvalue weighted by atomic mass is 16.2. The van der Waals surface area contributed by atoms with E-state index in [2.05, 4.69) is 15.7 Å². The summed E-state index contributed by atoms with van der Waals surface area (Å²) in [5, 5.41) is 9.56. The van der Waals surface area contributed by atoms with Crippen LogP contribution in [0.15, 0.2) is 41.2 Å². The van der Waals surface area contributed by atoms with Crippen LogP contribution in [-0.4, -0.2) is 28.1 Å². The molecule has 0 spiro atoms. The van der Waals surface area contributed by atoms with Gasteiger partial charge in [-0.1, -0.05) is 19.1 Å². The Kier molecular flexibility index (Phi) is 6.45. The van der Waals surface area contributed by atoms with Crippen LogP contribution in [0.25, 0.3) is 0 Å². The number of carbonyl (C=O) groups excluding carboxylic acids is 2. The Balaban J connectivity index is 1.99. The predicted octanol–water partition coefficient (Wildman–Crippen LogP) is 1.33. The second-order valence-corrected chi connectivity index (χ2v) is 5.52. The Labute approximate surface area is 146 Å². The lowest BCUT2D eigenvalue weighted by molar-refractivity contribution is 0.0938. The van der Waals surface area contributed by atoms with Crippen LogP contribution < -0.4 is 16.2 Å². The first-order chi connectivity index (χ1) is 12.0. The van der Waals surface area contributed by atoms with E-state index in [1.165, 1.54) is 16.8 Å². The largest absolute Gasteiger partial charge is 0.352 e. The van der Waals surface area contributed by atoms with Crippen LogP contribution in [0.5, 0.6) is 0 Å². The average molecular weight is 342 g/mol. The molecule has 0 saturated heterocycles. The Bertz CT molecular complexity index is 797. The third kappa shape index (κ3) is 5.00. The molecule has 7 nitrogen and oxygen atoms in total. The lowest BCUT2D eigenvalue weighted by Gasteiger charge is -2.08. The summed E-state index contributed by atoms with van der Waals surface area (Å²) in [5.41, 5.74) is 1.42. The maximum atomic E-state index is 12.2. The molecule has 1 aromatic carbocycles. The van der Waals surface area contributed by atoms with Crippen LogP contribution in [0.1, 0.15) is 46.7 Å². The van der Waals surface area contributed by atoms with Gasteiger partial charge < -0.3 is 10.6 Å². The van der Waals surface area contributed by atoms with Crippen molar-refractivity contribution in [3.05, 3.63) is 63.6 Å². The summed E-state index contributed by atoms with van der Waals surface area (Å²) >= 11 is 0. The van der Waals surface area contributed by atoms with Crippen molar-refractivity contribution in [1.29, 1.82) is 0 Å². The lowest BCUT2D eigenvalue weighted by Crippen LogP contribution is -2.29. The lowest BCUT2D eigenvalue weighted by atomic mass is 10.1. The van der Waals surface area contributed by atoms with Crippen molar-refractivity contribution >= 4 is 11.8 Å². The Morgan fingerprint density at radius 1 is 1.00 bits per heavy atom. The van der Waals surface area contributed by atoms with Crippen molar-refractivity contribution in [3.8, 4) is 0 Å². The number of nitrogens with zero attached hydrogens (tertiary/aromatic N) is 2. The zero-order chi connectivity index (χ0) is 18.2. The first-order valence-corrected chi connectivity index (χ1v) is 8.28. The Hall–Kier alpha value is -2.96. The molecule has 2 amide bonds. The molecule has 0 atom stereocenters. The maximum absolute atomic E-state index is 12.2. The average Bonchev–Trinajstić information content (AvgIpc) is 2.62. The van der Waals surface area contributed by atoms with Crippen LogP contribution >= 0.6 is 0 Å². The molecule has 0 aliphatic rings. The zero-order valence-electron chi connectivity index (χ0n) is 14.4. The summed E-state index contributed by atoms with van der Waals surface area (Å²) in [6.45, 7) is 5.15. The maximum Gasteiger partial charge on any atom is 0.271 e. The normalized spacial score (nSPS) is 10.3. The number of amides is 2. The van der Waals surface area contributed by atoms with E-state index in [0.29, 0.717) is 25.2 Å². The van der Waals surface area contributed by atoms with Gasteiger partial charge in [-0.2, -0.15) is 5.10 Å². The third-order valence-corrected chi connectivity index (χ3v) is 3.54. The van der Waals surface area contributed by atoms with Gasteiger partial charge in [-0.25, -0.2) is 4.68 Å². The SMILES string of the molecule is CCCn1nc(C(=O)NCc2ccc(C(=O)NCC)cc2)ccc1=O. The summed E-state index contributed by atoms with van der Waals surface area (Å²) in [5.74, 6) is -0.474. The fraction of sp³-hybridized carbons (Fsp3) is 0.333. The predicted molar refractivity (Wildman–Crippen MR) is 94.4 cm³/mol. The fourth-order valence-electron chi connectivity index (χ4n) is 2.25. The van der Waals surface area contributed by atoms with E-state index in [4.69, 9.17) is 0 Å². The van der Waals surface area contributed by atoms with Crippen LogP contribution in [-0.2, 0) is 13.1 Å². The van der Waals surface area contributed by atoms with Gasteiger partial charge in [0, 0.05) is 31.3 Å².